The van der Waals surface area contributed by atoms with Crippen molar-refractivity contribution in [3.05, 3.63) is 59.7 Å². The molecular weight excluding hydrogens is 403 g/mol. The van der Waals surface area contributed by atoms with E-state index in [0.717, 1.165) is 16.9 Å². The Morgan fingerprint density at radius 2 is 1.76 bits per heavy atom. The third-order valence-corrected chi connectivity index (χ3v) is 5.86. The number of benzene rings is 2. The van der Waals surface area contributed by atoms with Gasteiger partial charge in [-0.2, -0.15) is 13.2 Å². The number of likely N-dealkylation sites (tertiary alicyclic amines) is 1. The predicted octanol–water partition coefficient (Wildman–Crippen LogP) is 4.06. The number of aliphatic hydroxyl groups excluding tert-OH is 1. The molecule has 29 heavy (non-hydrogen) atoms. The van der Waals surface area contributed by atoms with Gasteiger partial charge in [-0.15, -0.1) is 11.8 Å². The van der Waals surface area contributed by atoms with Gasteiger partial charge in [0.1, 0.15) is 5.75 Å². The van der Waals surface area contributed by atoms with Gasteiger partial charge in [-0.1, -0.05) is 24.3 Å². The zero-order valence-electron chi connectivity index (χ0n) is 15.7. The van der Waals surface area contributed by atoms with Crippen molar-refractivity contribution in [3.63, 3.8) is 0 Å². The van der Waals surface area contributed by atoms with E-state index in [-0.39, 0.29) is 29.9 Å². The van der Waals surface area contributed by atoms with Gasteiger partial charge in [0.05, 0.1) is 13.0 Å². The number of amides is 1. The van der Waals surface area contributed by atoms with Crippen molar-refractivity contribution in [1.29, 1.82) is 0 Å². The van der Waals surface area contributed by atoms with E-state index in [1.165, 1.54) is 12.1 Å². The zero-order valence-corrected chi connectivity index (χ0v) is 16.5. The summed E-state index contributed by atoms with van der Waals surface area (Å²) in [6, 6.07) is 13.3. The topological polar surface area (TPSA) is 49.8 Å². The number of nitrogens with zero attached hydrogens (tertiary/aromatic N) is 1. The summed E-state index contributed by atoms with van der Waals surface area (Å²) in [6.07, 6.45) is -4.30. The second kappa shape index (κ2) is 9.54. The maximum atomic E-state index is 12.4. The lowest BCUT2D eigenvalue weighted by atomic mass is 10.1. The SMILES string of the molecule is O=C(COc1ccc(CO)cc1)N1CCC(Sc2ccc(CC(F)(F)F)cc2)C1. The Morgan fingerprint density at radius 3 is 2.38 bits per heavy atom. The molecule has 0 aliphatic carbocycles. The Labute approximate surface area is 171 Å². The third kappa shape index (κ3) is 6.68. The first kappa shape index (κ1) is 21.5. The number of halogens is 3. The molecule has 0 aromatic heterocycles. The predicted molar refractivity (Wildman–Crippen MR) is 105 cm³/mol. The molecule has 0 saturated carbocycles. The number of carbonyl (C=O) groups excluding carboxylic acids is 1. The number of ether oxygens (including phenoxy) is 1. The van der Waals surface area contributed by atoms with Gasteiger partial charge >= 0.3 is 6.18 Å². The highest BCUT2D eigenvalue weighted by atomic mass is 32.2. The highest BCUT2D eigenvalue weighted by Gasteiger charge is 2.28. The van der Waals surface area contributed by atoms with E-state index >= 15 is 0 Å². The molecule has 0 bridgehead atoms. The smallest absolute Gasteiger partial charge is 0.393 e. The minimum Gasteiger partial charge on any atom is -0.484 e. The van der Waals surface area contributed by atoms with Crippen LogP contribution < -0.4 is 4.74 Å². The van der Waals surface area contributed by atoms with E-state index < -0.39 is 12.6 Å². The van der Waals surface area contributed by atoms with Gasteiger partial charge < -0.3 is 14.7 Å². The van der Waals surface area contributed by atoms with Gasteiger partial charge in [0.25, 0.3) is 5.91 Å². The Morgan fingerprint density at radius 1 is 1.10 bits per heavy atom. The van der Waals surface area contributed by atoms with Crippen LogP contribution in [0.2, 0.25) is 0 Å². The lowest BCUT2D eigenvalue weighted by Gasteiger charge is -2.17. The first-order valence-electron chi connectivity index (χ1n) is 9.25. The maximum Gasteiger partial charge on any atom is 0.393 e. The Hall–Kier alpha value is -2.19. The number of aliphatic hydroxyl groups is 1. The molecule has 4 nitrogen and oxygen atoms in total. The van der Waals surface area contributed by atoms with Crippen molar-refractivity contribution < 1.29 is 27.8 Å². The Kier molecular flexibility index (Phi) is 7.08. The van der Waals surface area contributed by atoms with Crippen LogP contribution in [-0.2, 0) is 17.8 Å². The van der Waals surface area contributed by atoms with Crippen molar-refractivity contribution in [1.82, 2.24) is 4.90 Å². The van der Waals surface area contributed by atoms with Gasteiger partial charge in [-0.05, 0) is 41.8 Å². The maximum absolute atomic E-state index is 12.4. The molecule has 1 aliphatic rings. The summed E-state index contributed by atoms with van der Waals surface area (Å²) in [5, 5.41) is 9.24. The first-order chi connectivity index (χ1) is 13.8. The molecule has 156 valence electrons. The van der Waals surface area contributed by atoms with Crippen molar-refractivity contribution in [3.8, 4) is 5.75 Å². The molecule has 8 heteroatoms. The molecule has 3 rings (SSSR count). The third-order valence-electron chi connectivity index (χ3n) is 4.60. The van der Waals surface area contributed by atoms with Crippen LogP contribution in [0.25, 0.3) is 0 Å². The van der Waals surface area contributed by atoms with Crippen molar-refractivity contribution in [2.45, 2.75) is 35.8 Å². The van der Waals surface area contributed by atoms with Crippen LogP contribution in [0.1, 0.15) is 17.5 Å². The molecule has 1 N–H and O–H groups in total. The summed E-state index contributed by atoms with van der Waals surface area (Å²) in [5.41, 5.74) is 1.02. The molecule has 1 atom stereocenters. The van der Waals surface area contributed by atoms with E-state index in [9.17, 15) is 18.0 Å². The largest absolute Gasteiger partial charge is 0.484 e. The highest BCUT2D eigenvalue weighted by molar-refractivity contribution is 8.00. The second-order valence-corrected chi connectivity index (χ2v) is 8.27. The van der Waals surface area contributed by atoms with E-state index in [1.807, 2.05) is 0 Å². The summed E-state index contributed by atoms with van der Waals surface area (Å²) < 4.78 is 42.8. The molecular formula is C21H22F3NO3S. The van der Waals surface area contributed by atoms with Crippen molar-refractivity contribution in [2.24, 2.45) is 0 Å². The normalized spacial score (nSPS) is 16.8. The minimum absolute atomic E-state index is 0.0445. The number of hydrogen-bond donors (Lipinski definition) is 1. The van der Waals surface area contributed by atoms with Gasteiger partial charge in [-0.3, -0.25) is 4.79 Å². The van der Waals surface area contributed by atoms with Crippen molar-refractivity contribution >= 4 is 17.7 Å². The molecule has 1 fully saturated rings. The highest BCUT2D eigenvalue weighted by Crippen LogP contribution is 2.31. The molecule has 2 aromatic rings. The molecule has 1 amide bonds. The van der Waals surface area contributed by atoms with Crippen LogP contribution in [0.5, 0.6) is 5.75 Å². The van der Waals surface area contributed by atoms with E-state index in [1.54, 1.807) is 53.1 Å². The summed E-state index contributed by atoms with van der Waals surface area (Å²) in [6.45, 7) is 1.12. The lowest BCUT2D eigenvalue weighted by Crippen LogP contribution is -2.33. The second-order valence-electron chi connectivity index (χ2n) is 6.89. The van der Waals surface area contributed by atoms with Crippen LogP contribution in [-0.4, -0.2) is 47.0 Å². The average Bonchev–Trinajstić information content (AvgIpc) is 3.15. The monoisotopic (exact) mass is 425 g/mol. The summed E-state index contributed by atoms with van der Waals surface area (Å²) in [5.74, 6) is 0.472. The molecule has 1 heterocycles. The van der Waals surface area contributed by atoms with Gasteiger partial charge in [-0.25, -0.2) is 0 Å². The molecule has 1 unspecified atom stereocenters. The minimum atomic E-state index is -4.20. The average molecular weight is 425 g/mol. The van der Waals surface area contributed by atoms with Crippen LogP contribution in [0.15, 0.2) is 53.4 Å². The van der Waals surface area contributed by atoms with E-state index in [0.29, 0.717) is 18.8 Å². The fraction of sp³-hybridized carbons (Fsp3) is 0.381. The zero-order chi connectivity index (χ0) is 20.9. The number of thioether (sulfide) groups is 1. The molecule has 2 aromatic carbocycles. The summed E-state index contributed by atoms with van der Waals surface area (Å²) in [7, 11) is 0. The first-order valence-corrected chi connectivity index (χ1v) is 10.1. The number of carbonyl (C=O) groups is 1. The molecule has 0 spiro atoms. The number of hydrogen-bond acceptors (Lipinski definition) is 4. The summed E-state index contributed by atoms with van der Waals surface area (Å²) in [4.78, 5) is 15.0. The molecule has 1 saturated heterocycles. The fourth-order valence-electron chi connectivity index (χ4n) is 3.09. The van der Waals surface area contributed by atoms with E-state index in [4.69, 9.17) is 9.84 Å². The van der Waals surface area contributed by atoms with Crippen LogP contribution in [0.4, 0.5) is 13.2 Å². The standard InChI is InChI=1S/C21H22F3NO3S/c22-21(23,24)11-15-3-7-18(8-4-15)29-19-9-10-25(12-19)20(27)14-28-17-5-1-16(13-26)2-6-17/h1-8,19,26H,9-14H2. The van der Waals surface area contributed by atoms with E-state index in [2.05, 4.69) is 0 Å². The van der Waals surface area contributed by atoms with Crippen LogP contribution >= 0.6 is 11.8 Å². The Balaban J connectivity index is 1.44. The number of alkyl halides is 3. The Bertz CT molecular complexity index is 809. The molecule has 1 aliphatic heterocycles. The van der Waals surface area contributed by atoms with Crippen LogP contribution in [0, 0.1) is 0 Å². The number of rotatable bonds is 7. The van der Waals surface area contributed by atoms with Crippen molar-refractivity contribution in [2.75, 3.05) is 19.7 Å². The van der Waals surface area contributed by atoms with Gasteiger partial charge in [0.15, 0.2) is 6.61 Å². The van der Waals surface area contributed by atoms with Crippen LogP contribution in [0.3, 0.4) is 0 Å². The lowest BCUT2D eigenvalue weighted by molar-refractivity contribution is -0.132. The fourth-order valence-corrected chi connectivity index (χ4v) is 4.24. The summed E-state index contributed by atoms with van der Waals surface area (Å²) >= 11 is 1.58. The quantitative estimate of drug-likeness (QED) is 0.727. The molecule has 0 radical (unpaired) electrons. The van der Waals surface area contributed by atoms with Gasteiger partial charge in [0.2, 0.25) is 0 Å². The van der Waals surface area contributed by atoms with Gasteiger partial charge in [0, 0.05) is 23.2 Å².